The molecule has 7 heteroatoms. The van der Waals surface area contributed by atoms with Crippen molar-refractivity contribution in [3.63, 3.8) is 0 Å². The van der Waals surface area contributed by atoms with E-state index in [9.17, 15) is 9.90 Å². The summed E-state index contributed by atoms with van der Waals surface area (Å²) in [6.07, 6.45) is 6.08. The van der Waals surface area contributed by atoms with Crippen LogP contribution in [0.2, 0.25) is 0 Å². The number of carbonyl (C=O) groups is 1. The third-order valence-electron chi connectivity index (χ3n) is 5.15. The summed E-state index contributed by atoms with van der Waals surface area (Å²) in [5.74, 6) is 0.128. The third kappa shape index (κ3) is 5.26. The van der Waals surface area contributed by atoms with Crippen LogP contribution < -0.4 is 5.32 Å². The van der Waals surface area contributed by atoms with Gasteiger partial charge in [0.2, 0.25) is 5.91 Å². The number of β-amino-alcohol motifs (C(OH)–C–C–N with tert-alkyl or cyclic N) is 1. The summed E-state index contributed by atoms with van der Waals surface area (Å²) in [4.78, 5) is 14.2. The lowest BCUT2D eigenvalue weighted by molar-refractivity contribution is -0.121. The molecule has 0 saturated heterocycles. The van der Waals surface area contributed by atoms with E-state index in [1.54, 1.807) is 0 Å². The Hall–Kier alpha value is -1.44. The van der Waals surface area contributed by atoms with Crippen molar-refractivity contribution < 1.29 is 15.0 Å². The number of aryl methyl sites for hydroxylation is 2. The number of aliphatic hydroxyl groups is 2. The van der Waals surface area contributed by atoms with Crippen molar-refractivity contribution >= 4 is 5.91 Å². The minimum absolute atomic E-state index is 0.128. The number of amides is 1. The summed E-state index contributed by atoms with van der Waals surface area (Å²) in [5, 5.41) is 26.5. The van der Waals surface area contributed by atoms with Crippen LogP contribution in [0.15, 0.2) is 6.07 Å². The Bertz CT molecular complexity index is 569. The molecular formula is C18H30N4O3. The molecular weight excluding hydrogens is 320 g/mol. The number of hydrogen-bond acceptors (Lipinski definition) is 5. The molecule has 25 heavy (non-hydrogen) atoms. The van der Waals surface area contributed by atoms with Gasteiger partial charge in [0.15, 0.2) is 0 Å². The molecule has 0 aromatic carbocycles. The first-order valence-electron chi connectivity index (χ1n) is 9.50. The fourth-order valence-electron chi connectivity index (χ4n) is 3.83. The minimum Gasteiger partial charge on any atom is -0.394 e. The summed E-state index contributed by atoms with van der Waals surface area (Å²) in [6.45, 7) is 2.73. The van der Waals surface area contributed by atoms with Crippen LogP contribution in [0.3, 0.4) is 0 Å². The molecule has 3 rings (SSSR count). The Morgan fingerprint density at radius 2 is 2.12 bits per heavy atom. The van der Waals surface area contributed by atoms with E-state index in [4.69, 9.17) is 5.11 Å². The fourth-order valence-corrected chi connectivity index (χ4v) is 3.83. The Labute approximate surface area is 149 Å². The average molecular weight is 350 g/mol. The number of hydrogen-bond donors (Lipinski definition) is 3. The molecule has 1 amide bonds. The predicted molar refractivity (Wildman–Crippen MR) is 93.9 cm³/mol. The third-order valence-corrected chi connectivity index (χ3v) is 5.15. The first-order chi connectivity index (χ1) is 12.1. The summed E-state index contributed by atoms with van der Waals surface area (Å²) in [6, 6.07) is 2.45. The molecule has 1 aromatic heterocycles. The average Bonchev–Trinajstić information content (AvgIpc) is 3.19. The van der Waals surface area contributed by atoms with Crippen LogP contribution in [-0.4, -0.2) is 62.6 Å². The van der Waals surface area contributed by atoms with Crippen molar-refractivity contribution in [2.75, 3.05) is 19.7 Å². The first kappa shape index (κ1) is 18.4. The molecule has 0 bridgehead atoms. The molecule has 1 aromatic rings. The number of fused-ring (bicyclic) bond motifs is 1. The van der Waals surface area contributed by atoms with E-state index in [0.29, 0.717) is 25.4 Å². The van der Waals surface area contributed by atoms with Gasteiger partial charge in [-0.1, -0.05) is 12.8 Å². The summed E-state index contributed by atoms with van der Waals surface area (Å²) in [7, 11) is 0. The van der Waals surface area contributed by atoms with Gasteiger partial charge in [-0.2, -0.15) is 5.10 Å². The van der Waals surface area contributed by atoms with Crippen LogP contribution in [0.1, 0.15) is 49.9 Å². The summed E-state index contributed by atoms with van der Waals surface area (Å²) < 4.78 is 2.02. The van der Waals surface area contributed by atoms with Gasteiger partial charge in [0.05, 0.1) is 24.1 Å². The number of aromatic nitrogens is 2. The highest BCUT2D eigenvalue weighted by molar-refractivity contribution is 5.76. The zero-order chi connectivity index (χ0) is 17.6. The van der Waals surface area contributed by atoms with Crippen LogP contribution in [0, 0.1) is 0 Å². The van der Waals surface area contributed by atoms with Crippen LogP contribution in [-0.2, 0) is 24.3 Å². The molecule has 1 aliphatic carbocycles. The lowest BCUT2D eigenvalue weighted by Gasteiger charge is -2.21. The molecule has 2 aliphatic rings. The zero-order valence-corrected chi connectivity index (χ0v) is 14.9. The zero-order valence-electron chi connectivity index (χ0n) is 14.9. The molecule has 7 nitrogen and oxygen atoms in total. The highest BCUT2D eigenvalue weighted by Crippen LogP contribution is 2.18. The van der Waals surface area contributed by atoms with Crippen molar-refractivity contribution in [1.82, 2.24) is 20.0 Å². The van der Waals surface area contributed by atoms with Crippen molar-refractivity contribution in [2.24, 2.45) is 0 Å². The monoisotopic (exact) mass is 350 g/mol. The Balaban J connectivity index is 1.51. The molecule has 3 N–H and O–H groups in total. The number of carbonyl (C=O) groups excluding carboxylic acids is 1. The first-order valence-corrected chi connectivity index (χ1v) is 9.50. The maximum absolute atomic E-state index is 12.1. The van der Waals surface area contributed by atoms with Gasteiger partial charge in [-0.3, -0.25) is 14.4 Å². The number of aliphatic hydroxyl groups excluding tert-OH is 2. The largest absolute Gasteiger partial charge is 0.394 e. The lowest BCUT2D eigenvalue weighted by atomic mass is 10.2. The second-order valence-electron chi connectivity index (χ2n) is 7.32. The van der Waals surface area contributed by atoms with Gasteiger partial charge >= 0.3 is 0 Å². The van der Waals surface area contributed by atoms with Gasteiger partial charge < -0.3 is 15.5 Å². The molecule has 1 fully saturated rings. The number of nitrogens with one attached hydrogen (secondary N) is 1. The highest BCUT2D eigenvalue weighted by Gasteiger charge is 2.20. The van der Waals surface area contributed by atoms with Crippen molar-refractivity contribution in [3.8, 4) is 0 Å². The van der Waals surface area contributed by atoms with Gasteiger partial charge in [-0.25, -0.2) is 0 Å². The van der Waals surface area contributed by atoms with E-state index in [0.717, 1.165) is 50.3 Å². The number of rotatable bonds is 7. The van der Waals surface area contributed by atoms with Crippen LogP contribution in [0.5, 0.6) is 0 Å². The fraction of sp³-hybridized carbons (Fsp3) is 0.778. The lowest BCUT2D eigenvalue weighted by Crippen LogP contribution is -2.34. The van der Waals surface area contributed by atoms with E-state index in [1.807, 2.05) is 4.68 Å². The Kier molecular flexibility index (Phi) is 6.45. The normalized spacial score (nSPS) is 20.2. The van der Waals surface area contributed by atoms with E-state index in [2.05, 4.69) is 21.4 Å². The van der Waals surface area contributed by atoms with Crippen molar-refractivity contribution in [2.45, 2.75) is 70.2 Å². The Morgan fingerprint density at radius 3 is 2.88 bits per heavy atom. The van der Waals surface area contributed by atoms with E-state index in [-0.39, 0.29) is 12.5 Å². The maximum Gasteiger partial charge on any atom is 0.220 e. The molecule has 140 valence electrons. The van der Waals surface area contributed by atoms with Gasteiger partial charge in [-0.15, -0.1) is 0 Å². The second-order valence-corrected chi connectivity index (χ2v) is 7.32. The second kappa shape index (κ2) is 8.78. The Morgan fingerprint density at radius 1 is 1.32 bits per heavy atom. The van der Waals surface area contributed by atoms with E-state index >= 15 is 0 Å². The molecule has 1 saturated carbocycles. The molecule has 0 spiro atoms. The molecule has 1 atom stereocenters. The molecule has 1 aliphatic heterocycles. The summed E-state index contributed by atoms with van der Waals surface area (Å²) in [5.41, 5.74) is 2.08. The van der Waals surface area contributed by atoms with Crippen LogP contribution in [0.25, 0.3) is 0 Å². The highest BCUT2D eigenvalue weighted by atomic mass is 16.3. The standard InChI is InChI=1S/C18H30N4O3/c23-13-17(24)12-21-8-3-9-22-16(11-21)10-15(20-22)6-7-18(25)19-14-4-1-2-5-14/h10,14,17,23-24H,1-9,11-13H2,(H,19,25)/t17-/m0/s1. The van der Waals surface area contributed by atoms with E-state index < -0.39 is 6.10 Å². The summed E-state index contributed by atoms with van der Waals surface area (Å²) >= 11 is 0. The quantitative estimate of drug-likeness (QED) is 0.664. The molecule has 0 radical (unpaired) electrons. The van der Waals surface area contributed by atoms with Gasteiger partial charge in [0.1, 0.15) is 0 Å². The number of nitrogens with zero attached hydrogens (tertiary/aromatic N) is 3. The smallest absolute Gasteiger partial charge is 0.220 e. The predicted octanol–water partition coefficient (Wildman–Crippen LogP) is 0.433. The van der Waals surface area contributed by atoms with E-state index in [1.165, 1.54) is 12.8 Å². The molecule has 2 heterocycles. The van der Waals surface area contributed by atoms with Gasteiger partial charge in [0, 0.05) is 45.1 Å². The topological polar surface area (TPSA) is 90.6 Å². The van der Waals surface area contributed by atoms with Crippen LogP contribution in [0.4, 0.5) is 0 Å². The maximum atomic E-state index is 12.1. The van der Waals surface area contributed by atoms with Gasteiger partial charge in [0.25, 0.3) is 0 Å². The SMILES string of the molecule is O=C(CCc1cc2n(n1)CCCN(C[C@H](O)CO)C2)NC1CCCC1. The molecule has 0 unspecified atom stereocenters. The van der Waals surface area contributed by atoms with Gasteiger partial charge in [-0.05, 0) is 25.3 Å². The van der Waals surface area contributed by atoms with Crippen molar-refractivity contribution in [3.05, 3.63) is 17.5 Å². The minimum atomic E-state index is -0.701. The van der Waals surface area contributed by atoms with Crippen molar-refractivity contribution in [1.29, 1.82) is 0 Å². The van der Waals surface area contributed by atoms with Crippen LogP contribution >= 0.6 is 0 Å².